The second kappa shape index (κ2) is 4.92. The fourth-order valence-corrected chi connectivity index (χ4v) is 1.07. The molecule has 1 fully saturated rings. The summed E-state index contributed by atoms with van der Waals surface area (Å²) in [6.07, 6.45) is 0.259. The zero-order valence-corrected chi connectivity index (χ0v) is 6.81. The van der Waals surface area contributed by atoms with Crippen molar-refractivity contribution in [1.29, 1.82) is 0 Å². The van der Waals surface area contributed by atoms with Crippen molar-refractivity contribution in [1.82, 2.24) is 10.6 Å². The average molecular weight is 176 g/mol. The SMILES string of the molecule is O=C(NCCF)O[C@H]1CCNC1. The molecule has 1 aliphatic rings. The van der Waals surface area contributed by atoms with Crippen LogP contribution in [0.1, 0.15) is 6.42 Å². The van der Waals surface area contributed by atoms with E-state index in [0.717, 1.165) is 13.0 Å². The van der Waals surface area contributed by atoms with Crippen molar-refractivity contribution in [2.24, 2.45) is 0 Å². The van der Waals surface area contributed by atoms with E-state index in [-0.39, 0.29) is 12.6 Å². The first-order chi connectivity index (χ1) is 5.83. The largest absolute Gasteiger partial charge is 0.445 e. The lowest BCUT2D eigenvalue weighted by atomic mass is 10.3. The molecular weight excluding hydrogens is 163 g/mol. The lowest BCUT2D eigenvalue weighted by molar-refractivity contribution is 0.107. The summed E-state index contributed by atoms with van der Waals surface area (Å²) in [6.45, 7) is 1.04. The van der Waals surface area contributed by atoms with Crippen LogP contribution in [0.5, 0.6) is 0 Å². The molecule has 70 valence electrons. The fourth-order valence-electron chi connectivity index (χ4n) is 1.07. The monoisotopic (exact) mass is 176 g/mol. The van der Waals surface area contributed by atoms with Crippen molar-refractivity contribution in [3.8, 4) is 0 Å². The molecule has 0 aromatic carbocycles. The minimum atomic E-state index is -0.558. The Kier molecular flexibility index (Phi) is 3.79. The van der Waals surface area contributed by atoms with Crippen LogP contribution in [0.3, 0.4) is 0 Å². The quantitative estimate of drug-likeness (QED) is 0.638. The van der Waals surface area contributed by atoms with Gasteiger partial charge < -0.3 is 15.4 Å². The van der Waals surface area contributed by atoms with Gasteiger partial charge in [0.1, 0.15) is 12.8 Å². The lowest BCUT2D eigenvalue weighted by Gasteiger charge is -2.10. The van der Waals surface area contributed by atoms with Gasteiger partial charge in [0.2, 0.25) is 0 Å². The van der Waals surface area contributed by atoms with Crippen LogP contribution in [0, 0.1) is 0 Å². The van der Waals surface area contributed by atoms with E-state index in [4.69, 9.17) is 4.74 Å². The summed E-state index contributed by atoms with van der Waals surface area (Å²) in [5.74, 6) is 0. The van der Waals surface area contributed by atoms with E-state index in [1.54, 1.807) is 0 Å². The van der Waals surface area contributed by atoms with Crippen LogP contribution in [0.4, 0.5) is 9.18 Å². The number of nitrogens with one attached hydrogen (secondary N) is 2. The molecular formula is C7H13FN2O2. The second-order valence-electron chi connectivity index (χ2n) is 2.64. The minimum absolute atomic E-state index is 0.0268. The molecule has 0 aliphatic carbocycles. The highest BCUT2D eigenvalue weighted by molar-refractivity contribution is 5.67. The number of ether oxygens (including phenoxy) is 1. The van der Waals surface area contributed by atoms with Gasteiger partial charge in [-0.25, -0.2) is 9.18 Å². The summed E-state index contributed by atoms with van der Waals surface area (Å²) in [5, 5.41) is 5.35. The molecule has 0 saturated carbocycles. The van der Waals surface area contributed by atoms with Crippen LogP contribution in [-0.2, 0) is 4.74 Å². The normalized spacial score (nSPS) is 22.2. The van der Waals surface area contributed by atoms with Crippen LogP contribution in [0.25, 0.3) is 0 Å². The summed E-state index contributed by atoms with van der Waals surface area (Å²) in [4.78, 5) is 10.8. The summed E-state index contributed by atoms with van der Waals surface area (Å²) in [5.41, 5.74) is 0. The number of rotatable bonds is 3. The van der Waals surface area contributed by atoms with Crippen molar-refractivity contribution in [2.45, 2.75) is 12.5 Å². The standard InChI is InChI=1S/C7H13FN2O2/c8-2-4-10-7(11)12-6-1-3-9-5-6/h6,9H,1-5H2,(H,10,11)/t6-/m0/s1. The van der Waals surface area contributed by atoms with E-state index >= 15 is 0 Å². The smallest absolute Gasteiger partial charge is 0.407 e. The average Bonchev–Trinajstić information content (AvgIpc) is 2.53. The number of halogens is 1. The van der Waals surface area contributed by atoms with E-state index < -0.39 is 12.8 Å². The molecule has 1 heterocycles. The van der Waals surface area contributed by atoms with E-state index in [1.807, 2.05) is 0 Å². The Morgan fingerprint density at radius 1 is 1.75 bits per heavy atom. The van der Waals surface area contributed by atoms with Crippen LogP contribution in [0.2, 0.25) is 0 Å². The van der Waals surface area contributed by atoms with Gasteiger partial charge in [0.15, 0.2) is 0 Å². The van der Waals surface area contributed by atoms with E-state index in [2.05, 4.69) is 10.6 Å². The molecule has 1 rings (SSSR count). The van der Waals surface area contributed by atoms with E-state index in [1.165, 1.54) is 0 Å². The molecule has 0 unspecified atom stereocenters. The maximum absolute atomic E-state index is 11.6. The molecule has 0 aromatic rings. The number of amides is 1. The number of carbonyl (C=O) groups is 1. The number of hydrogen-bond donors (Lipinski definition) is 2. The predicted molar refractivity (Wildman–Crippen MR) is 41.7 cm³/mol. The minimum Gasteiger partial charge on any atom is -0.445 e. The third-order valence-electron chi connectivity index (χ3n) is 1.65. The van der Waals surface area contributed by atoms with Crippen molar-refractivity contribution >= 4 is 6.09 Å². The highest BCUT2D eigenvalue weighted by Crippen LogP contribution is 2.02. The first kappa shape index (κ1) is 9.25. The van der Waals surface area contributed by atoms with Crippen LogP contribution < -0.4 is 10.6 Å². The van der Waals surface area contributed by atoms with Crippen LogP contribution in [0.15, 0.2) is 0 Å². The van der Waals surface area contributed by atoms with Gasteiger partial charge in [-0.1, -0.05) is 0 Å². The maximum Gasteiger partial charge on any atom is 0.407 e. The molecule has 4 nitrogen and oxygen atoms in total. The summed E-state index contributed by atoms with van der Waals surface area (Å²) < 4.78 is 16.5. The Balaban J connectivity index is 2.08. The predicted octanol–water partition coefficient (Wildman–Crippen LogP) is 0.0440. The Labute approximate surface area is 70.5 Å². The van der Waals surface area contributed by atoms with Gasteiger partial charge in [0.25, 0.3) is 0 Å². The van der Waals surface area contributed by atoms with Gasteiger partial charge in [0, 0.05) is 13.1 Å². The molecule has 1 amide bonds. The number of hydrogen-bond acceptors (Lipinski definition) is 3. The summed E-state index contributed by atoms with van der Waals surface area (Å²) >= 11 is 0. The van der Waals surface area contributed by atoms with Gasteiger partial charge in [-0.05, 0) is 13.0 Å². The molecule has 0 aromatic heterocycles. The van der Waals surface area contributed by atoms with Crippen molar-refractivity contribution < 1.29 is 13.9 Å². The van der Waals surface area contributed by atoms with Gasteiger partial charge in [-0.15, -0.1) is 0 Å². The van der Waals surface area contributed by atoms with Crippen molar-refractivity contribution in [3.63, 3.8) is 0 Å². The molecule has 1 atom stereocenters. The molecule has 1 aliphatic heterocycles. The fraction of sp³-hybridized carbons (Fsp3) is 0.857. The van der Waals surface area contributed by atoms with Gasteiger partial charge in [-0.2, -0.15) is 0 Å². The summed E-state index contributed by atoms with van der Waals surface area (Å²) in [6, 6.07) is 0. The topological polar surface area (TPSA) is 50.4 Å². The Morgan fingerprint density at radius 3 is 3.17 bits per heavy atom. The van der Waals surface area contributed by atoms with Gasteiger partial charge >= 0.3 is 6.09 Å². The number of alkyl halides is 1. The number of alkyl carbamates (subject to hydrolysis) is 1. The van der Waals surface area contributed by atoms with Crippen molar-refractivity contribution in [3.05, 3.63) is 0 Å². The molecule has 0 radical (unpaired) electrons. The zero-order chi connectivity index (χ0) is 8.81. The molecule has 2 N–H and O–H groups in total. The molecule has 1 saturated heterocycles. The third-order valence-corrected chi connectivity index (χ3v) is 1.65. The van der Waals surface area contributed by atoms with Crippen LogP contribution in [-0.4, -0.2) is 38.5 Å². The zero-order valence-electron chi connectivity index (χ0n) is 6.81. The molecule has 5 heteroatoms. The van der Waals surface area contributed by atoms with Crippen LogP contribution >= 0.6 is 0 Å². The maximum atomic E-state index is 11.6. The van der Waals surface area contributed by atoms with E-state index in [9.17, 15) is 9.18 Å². The Hall–Kier alpha value is -0.840. The Morgan fingerprint density at radius 2 is 2.58 bits per heavy atom. The lowest BCUT2D eigenvalue weighted by Crippen LogP contribution is -2.31. The Bertz CT molecular complexity index is 148. The highest BCUT2D eigenvalue weighted by atomic mass is 19.1. The van der Waals surface area contributed by atoms with Gasteiger partial charge in [-0.3, -0.25) is 0 Å². The molecule has 0 bridgehead atoms. The highest BCUT2D eigenvalue weighted by Gasteiger charge is 2.17. The molecule has 12 heavy (non-hydrogen) atoms. The van der Waals surface area contributed by atoms with Crippen molar-refractivity contribution in [2.75, 3.05) is 26.3 Å². The first-order valence-electron chi connectivity index (χ1n) is 4.04. The number of carbonyl (C=O) groups excluding carboxylic acids is 1. The third kappa shape index (κ3) is 3.04. The molecule has 0 spiro atoms. The van der Waals surface area contributed by atoms with Gasteiger partial charge in [0.05, 0.1) is 0 Å². The van der Waals surface area contributed by atoms with E-state index in [0.29, 0.717) is 6.54 Å². The second-order valence-corrected chi connectivity index (χ2v) is 2.64. The first-order valence-corrected chi connectivity index (χ1v) is 4.04. The summed E-state index contributed by atoms with van der Waals surface area (Å²) in [7, 11) is 0.